The first kappa shape index (κ1) is 95.9. The molecule has 0 aliphatic rings. The summed E-state index contributed by atoms with van der Waals surface area (Å²) in [5, 5.41) is 10.6. The van der Waals surface area contributed by atoms with Gasteiger partial charge in [0.25, 0.3) is 0 Å². The van der Waals surface area contributed by atoms with Gasteiger partial charge in [-0.25, -0.2) is 9.13 Å². The van der Waals surface area contributed by atoms with Crippen LogP contribution in [-0.4, -0.2) is 96.7 Å². The summed E-state index contributed by atoms with van der Waals surface area (Å²) in [5.74, 6) is -2.46. The maximum absolute atomic E-state index is 13.1. The largest absolute Gasteiger partial charge is 0.472 e. The molecule has 0 saturated heterocycles. The highest BCUT2D eigenvalue weighted by Crippen LogP contribution is 2.45. The van der Waals surface area contributed by atoms with Gasteiger partial charge in [-0.1, -0.05) is 261 Å². The molecule has 0 heterocycles. The molecule has 574 valence electrons. The lowest BCUT2D eigenvalue weighted by Crippen LogP contribution is -2.30. The predicted molar refractivity (Wildman–Crippen MR) is 417 cm³/mol. The van der Waals surface area contributed by atoms with Gasteiger partial charge in [0.05, 0.1) is 32.8 Å². The number of carbonyl (C=O) groups is 4. The van der Waals surface area contributed by atoms with Crippen molar-refractivity contribution in [1.29, 1.82) is 0 Å². The maximum atomic E-state index is 13.1. The second kappa shape index (κ2) is 73.2. The van der Waals surface area contributed by atoms with Gasteiger partial charge in [0, 0.05) is 19.3 Å². The summed E-state index contributed by atoms with van der Waals surface area (Å²) in [5.41, 5.74) is 0. The third-order valence-corrected chi connectivity index (χ3v) is 16.5. The molecule has 19 heteroatoms. The standard InChI is InChI=1S/C83H130O17P2/c1-5-9-13-17-21-25-29-33-36-38-41-45-48-52-56-60-64-68-81(86)94-74-79(100-83(88)70-66-62-58-54-50-46-42-39-37-34-30-26-22-18-14-10-6-2)76-98-102(91,92)96-72-77(84)71-95-101(89,90)97-75-78(99-82(87)69-65-61-57-53-49-43-32-28-24-20-16-12-8-4)73-93-80(85)67-63-59-55-51-47-44-40-35-31-27-23-19-15-11-7-3/h9-11,13-16,20-23,25-28,32-37,40-42,45-47,51-52,56,59,63,77-79,84H,5-8,12,17-19,24,29-31,38-39,43-44,48-50,53-55,57-58,60-62,64-76H2,1-4H3,(H,89,90)(H,91,92)/b13-9-,14-10-,15-11-,20-16-,25-21-,26-22-,27-23-,32-28-,36-33-,37-34-,40-35-,45-41-,46-42-,51-47-,56-52-,63-59-. The topological polar surface area (TPSA) is 237 Å². The van der Waals surface area contributed by atoms with Gasteiger partial charge in [-0.3, -0.25) is 37.3 Å². The quantitative estimate of drug-likeness (QED) is 0.0169. The third-order valence-electron chi connectivity index (χ3n) is 14.5. The van der Waals surface area contributed by atoms with Crippen LogP contribution in [0.15, 0.2) is 194 Å². The average Bonchev–Trinajstić information content (AvgIpc) is 0.959. The Bertz CT molecular complexity index is 2700. The number of esters is 4. The Morgan fingerprint density at radius 1 is 0.294 bits per heavy atom. The first-order valence-electron chi connectivity index (χ1n) is 37.7. The average molecular weight is 1460 g/mol. The number of carbonyl (C=O) groups excluding carboxylic acids is 4. The molecule has 17 nitrogen and oxygen atoms in total. The van der Waals surface area contributed by atoms with Crippen LogP contribution in [0.4, 0.5) is 0 Å². The van der Waals surface area contributed by atoms with Crippen molar-refractivity contribution in [2.24, 2.45) is 0 Å². The fourth-order valence-electron chi connectivity index (χ4n) is 8.94. The van der Waals surface area contributed by atoms with E-state index < -0.39 is 97.5 Å². The summed E-state index contributed by atoms with van der Waals surface area (Å²) in [4.78, 5) is 72.8. The van der Waals surface area contributed by atoms with E-state index in [9.17, 15) is 43.2 Å². The number of hydrogen-bond acceptors (Lipinski definition) is 15. The van der Waals surface area contributed by atoms with Gasteiger partial charge < -0.3 is 33.8 Å². The molecule has 0 aliphatic carbocycles. The second-order valence-corrected chi connectivity index (χ2v) is 27.0. The summed E-state index contributed by atoms with van der Waals surface area (Å²) < 4.78 is 68.2. The van der Waals surface area contributed by atoms with Crippen LogP contribution in [0.25, 0.3) is 0 Å². The molecule has 0 fully saturated rings. The summed E-state index contributed by atoms with van der Waals surface area (Å²) >= 11 is 0. The van der Waals surface area contributed by atoms with Gasteiger partial charge in [-0.2, -0.15) is 0 Å². The van der Waals surface area contributed by atoms with Crippen molar-refractivity contribution in [3.63, 3.8) is 0 Å². The summed E-state index contributed by atoms with van der Waals surface area (Å²) in [7, 11) is -10.0. The van der Waals surface area contributed by atoms with Crippen molar-refractivity contribution < 1.29 is 80.2 Å². The smallest absolute Gasteiger partial charge is 0.462 e. The predicted octanol–water partition coefficient (Wildman–Crippen LogP) is 21.8. The van der Waals surface area contributed by atoms with E-state index >= 15 is 0 Å². The Morgan fingerprint density at radius 3 is 0.902 bits per heavy atom. The normalized spacial score (nSPS) is 15.0. The number of rotatable bonds is 68. The minimum absolute atomic E-state index is 0.0438. The highest BCUT2D eigenvalue weighted by Gasteiger charge is 2.30. The third kappa shape index (κ3) is 72.3. The van der Waals surface area contributed by atoms with Crippen molar-refractivity contribution >= 4 is 39.5 Å². The zero-order valence-corrected chi connectivity index (χ0v) is 64.2. The number of phosphoric ester groups is 2. The Hall–Kier alpha value is -6.10. The first-order valence-corrected chi connectivity index (χ1v) is 40.7. The molecule has 3 N–H and O–H groups in total. The molecule has 0 saturated carbocycles. The Kier molecular flexibility index (Phi) is 68.8. The van der Waals surface area contributed by atoms with E-state index in [2.05, 4.69) is 186 Å². The molecule has 0 aliphatic heterocycles. The SMILES string of the molecule is CC/C=C\C/C=C\C/C=C\C/C=C\C/C=C\CCCC(=O)OCC(COP(=O)(O)OCC(O)COP(=O)(O)OCC(COC(=O)C/C=C\C/C=C\C/C=C\C/C=C\C/C=C\CC)OC(=O)CCCCCCC/C=C\C/C=C\CCC)OC(=O)CCCCCC/C=C\C/C=C\C/C=C\C/C=C\CC. The monoisotopic (exact) mass is 1460 g/mol. The Balaban J connectivity index is 5.53. The number of phosphoric acid groups is 2. The molecular formula is C83H130O17P2. The number of unbranched alkanes of at least 4 members (excludes halogenated alkanes) is 11. The highest BCUT2D eigenvalue weighted by molar-refractivity contribution is 7.47. The number of aliphatic hydroxyl groups excluding tert-OH is 1. The van der Waals surface area contributed by atoms with Crippen LogP contribution in [0, 0.1) is 0 Å². The van der Waals surface area contributed by atoms with Crippen molar-refractivity contribution in [3.05, 3.63) is 194 Å². The summed E-state index contributed by atoms with van der Waals surface area (Å²) in [6.45, 7) is 4.19. The van der Waals surface area contributed by atoms with Crippen LogP contribution in [-0.2, 0) is 65.4 Å². The van der Waals surface area contributed by atoms with Crippen LogP contribution >= 0.6 is 15.6 Å². The molecule has 0 radical (unpaired) electrons. The van der Waals surface area contributed by atoms with E-state index in [1.54, 1.807) is 6.08 Å². The minimum Gasteiger partial charge on any atom is -0.462 e. The molecule has 0 rings (SSSR count). The molecule has 0 spiro atoms. The van der Waals surface area contributed by atoms with Gasteiger partial charge in [-0.05, 0) is 154 Å². The fraction of sp³-hybridized carbons (Fsp3) is 0.566. The summed E-state index contributed by atoms with van der Waals surface area (Å²) in [6, 6.07) is 0. The van der Waals surface area contributed by atoms with Crippen molar-refractivity contribution in [3.8, 4) is 0 Å². The van der Waals surface area contributed by atoms with E-state index in [4.69, 9.17) is 37.0 Å². The molecule has 5 unspecified atom stereocenters. The van der Waals surface area contributed by atoms with Crippen LogP contribution < -0.4 is 0 Å². The van der Waals surface area contributed by atoms with Crippen LogP contribution in [0.5, 0.6) is 0 Å². The Morgan fingerprint density at radius 2 is 0.559 bits per heavy atom. The molecule has 0 aromatic heterocycles. The van der Waals surface area contributed by atoms with Gasteiger partial charge >= 0.3 is 39.5 Å². The molecule has 0 bridgehead atoms. The zero-order chi connectivity index (χ0) is 74.6. The molecule has 102 heavy (non-hydrogen) atoms. The van der Waals surface area contributed by atoms with E-state index in [0.29, 0.717) is 32.1 Å². The fourth-order valence-corrected chi connectivity index (χ4v) is 10.5. The van der Waals surface area contributed by atoms with Crippen molar-refractivity contribution in [1.82, 2.24) is 0 Å². The molecule has 5 atom stereocenters. The Labute approximate surface area is 615 Å². The van der Waals surface area contributed by atoms with Gasteiger partial charge in [0.1, 0.15) is 19.3 Å². The van der Waals surface area contributed by atoms with Crippen LogP contribution in [0.2, 0.25) is 0 Å². The van der Waals surface area contributed by atoms with Gasteiger partial charge in [0.2, 0.25) is 0 Å². The molecule has 0 amide bonds. The van der Waals surface area contributed by atoms with E-state index in [0.717, 1.165) is 161 Å². The molecule has 0 aromatic carbocycles. The van der Waals surface area contributed by atoms with Gasteiger partial charge in [0.15, 0.2) is 12.2 Å². The molecular weight excluding hydrogens is 1330 g/mol. The minimum atomic E-state index is -5.01. The molecule has 0 aromatic rings. The second-order valence-electron chi connectivity index (χ2n) is 24.1. The van der Waals surface area contributed by atoms with E-state index in [1.165, 1.54) is 0 Å². The lowest BCUT2D eigenvalue weighted by atomic mass is 10.1. The zero-order valence-electron chi connectivity index (χ0n) is 62.4. The number of aliphatic hydroxyl groups is 1. The van der Waals surface area contributed by atoms with Crippen molar-refractivity contribution in [2.75, 3.05) is 39.6 Å². The van der Waals surface area contributed by atoms with Crippen LogP contribution in [0.3, 0.4) is 0 Å². The van der Waals surface area contributed by atoms with E-state index in [-0.39, 0.29) is 25.7 Å². The van der Waals surface area contributed by atoms with Gasteiger partial charge in [-0.15, -0.1) is 0 Å². The lowest BCUT2D eigenvalue weighted by molar-refractivity contribution is -0.161. The van der Waals surface area contributed by atoms with Crippen LogP contribution in [0.1, 0.15) is 246 Å². The number of allylic oxidation sites excluding steroid dienone is 31. The first-order chi connectivity index (χ1) is 49.7. The van der Waals surface area contributed by atoms with Crippen molar-refractivity contribution in [2.45, 2.75) is 264 Å². The lowest BCUT2D eigenvalue weighted by Gasteiger charge is -2.21. The number of ether oxygens (including phenoxy) is 4. The van der Waals surface area contributed by atoms with E-state index in [1.807, 2.05) is 30.4 Å². The number of hydrogen-bond donors (Lipinski definition) is 3. The maximum Gasteiger partial charge on any atom is 0.472 e. The summed E-state index contributed by atoms with van der Waals surface area (Å²) in [6.07, 6.45) is 88.9. The highest BCUT2D eigenvalue weighted by atomic mass is 31.2.